The molecule has 0 heterocycles. The molecular formula is C68H112O6. The van der Waals surface area contributed by atoms with Crippen LogP contribution < -0.4 is 0 Å². The van der Waals surface area contributed by atoms with Crippen LogP contribution in [0.25, 0.3) is 0 Å². The van der Waals surface area contributed by atoms with E-state index in [2.05, 4.69) is 142 Å². The fourth-order valence-corrected chi connectivity index (χ4v) is 8.10. The zero-order valence-corrected chi connectivity index (χ0v) is 48.1. The van der Waals surface area contributed by atoms with Gasteiger partial charge in [-0.1, -0.05) is 245 Å². The number of unbranched alkanes of at least 4 members (excludes halogenated alkanes) is 23. The Balaban J connectivity index is 4.46. The maximum atomic E-state index is 12.9. The Hall–Kier alpha value is -4.19. The zero-order chi connectivity index (χ0) is 53.6. The summed E-state index contributed by atoms with van der Waals surface area (Å²) >= 11 is 0. The van der Waals surface area contributed by atoms with Crippen molar-refractivity contribution in [3.8, 4) is 0 Å². The maximum absolute atomic E-state index is 12.9. The third-order valence-corrected chi connectivity index (χ3v) is 12.7. The first-order valence-corrected chi connectivity index (χ1v) is 30.5. The number of esters is 3. The molecule has 0 spiro atoms. The van der Waals surface area contributed by atoms with Crippen molar-refractivity contribution >= 4 is 17.9 Å². The van der Waals surface area contributed by atoms with Gasteiger partial charge in [-0.25, -0.2) is 0 Å². The predicted octanol–water partition coefficient (Wildman–Crippen LogP) is 20.8. The SMILES string of the molecule is CC/C=C\C/C=C\C/C=C\C/C=C\C/C=C\C/C=C\C/C=C\CCCC(=O)OCC(COC(=O)CCCCCCC/C=C\CCCCC)OC(=O)CCCCCCCCCCC/C=C\C/C=C\CCCCCCC. The molecule has 0 bridgehead atoms. The van der Waals surface area contributed by atoms with Crippen molar-refractivity contribution in [2.45, 2.75) is 277 Å². The standard InChI is InChI=1S/C68H112O6/c1-4-7-10-13-16-19-22-25-27-29-31-33-34-36-37-39-41-43-46-49-52-55-58-61-67(70)73-64-65(63-72-66(69)60-57-54-51-48-45-24-21-18-15-12-9-6-3)74-68(71)62-59-56-53-50-47-44-42-40-38-35-32-30-28-26-23-20-17-14-11-8-5-2/h7,10,16,18-19,21,23,25-27,30-33,36-37,41,43,49,52,65H,4-6,8-9,11-15,17,20,22,24,28-29,34-35,38-40,42,44-48,50-51,53-64H2,1-3H3/b10-7-,19-16-,21-18-,26-23-,27-25-,32-30-,33-31-,37-36-,43-41-,52-49-. The van der Waals surface area contributed by atoms with Gasteiger partial charge in [0, 0.05) is 19.3 Å². The highest BCUT2D eigenvalue weighted by atomic mass is 16.6. The van der Waals surface area contributed by atoms with E-state index in [4.69, 9.17) is 14.2 Å². The molecule has 0 aromatic carbocycles. The molecule has 0 aromatic heterocycles. The number of carbonyl (C=O) groups excluding carboxylic acids is 3. The fourth-order valence-electron chi connectivity index (χ4n) is 8.10. The molecule has 420 valence electrons. The third-order valence-electron chi connectivity index (χ3n) is 12.7. The average molecular weight is 1030 g/mol. The summed E-state index contributed by atoms with van der Waals surface area (Å²) in [4.78, 5) is 38.2. The van der Waals surface area contributed by atoms with Crippen LogP contribution in [0.3, 0.4) is 0 Å². The molecule has 0 fully saturated rings. The van der Waals surface area contributed by atoms with Crippen LogP contribution in [-0.2, 0) is 28.6 Å². The van der Waals surface area contributed by atoms with Gasteiger partial charge in [-0.2, -0.15) is 0 Å². The van der Waals surface area contributed by atoms with Gasteiger partial charge >= 0.3 is 17.9 Å². The second-order valence-electron chi connectivity index (χ2n) is 19.9. The Morgan fingerprint density at radius 3 is 0.919 bits per heavy atom. The average Bonchev–Trinajstić information content (AvgIpc) is 3.40. The third kappa shape index (κ3) is 58.7. The number of hydrogen-bond donors (Lipinski definition) is 0. The van der Waals surface area contributed by atoms with E-state index < -0.39 is 6.10 Å². The molecular weight excluding hydrogens is 913 g/mol. The van der Waals surface area contributed by atoms with E-state index in [1.54, 1.807) is 0 Å². The van der Waals surface area contributed by atoms with Gasteiger partial charge in [0.25, 0.3) is 0 Å². The smallest absolute Gasteiger partial charge is 0.306 e. The first-order valence-electron chi connectivity index (χ1n) is 30.5. The van der Waals surface area contributed by atoms with Gasteiger partial charge in [-0.15, -0.1) is 0 Å². The Labute approximate surface area is 456 Å². The molecule has 74 heavy (non-hydrogen) atoms. The van der Waals surface area contributed by atoms with E-state index >= 15 is 0 Å². The van der Waals surface area contributed by atoms with E-state index in [1.165, 1.54) is 116 Å². The van der Waals surface area contributed by atoms with Gasteiger partial charge in [0.05, 0.1) is 0 Å². The van der Waals surface area contributed by atoms with Crippen molar-refractivity contribution in [2.24, 2.45) is 0 Å². The highest BCUT2D eigenvalue weighted by Crippen LogP contribution is 2.14. The summed E-state index contributed by atoms with van der Waals surface area (Å²) in [6.45, 7) is 6.44. The van der Waals surface area contributed by atoms with Gasteiger partial charge in [-0.3, -0.25) is 14.4 Å². The summed E-state index contributed by atoms with van der Waals surface area (Å²) in [5, 5.41) is 0. The summed E-state index contributed by atoms with van der Waals surface area (Å²) in [5.74, 6) is -0.978. The van der Waals surface area contributed by atoms with E-state index in [1.807, 2.05) is 0 Å². The number of hydrogen-bond acceptors (Lipinski definition) is 6. The highest BCUT2D eigenvalue weighted by Gasteiger charge is 2.19. The van der Waals surface area contributed by atoms with Crippen LogP contribution in [0.4, 0.5) is 0 Å². The number of rotatable bonds is 54. The topological polar surface area (TPSA) is 78.9 Å². The molecule has 1 atom stereocenters. The minimum absolute atomic E-state index is 0.104. The molecule has 0 radical (unpaired) electrons. The van der Waals surface area contributed by atoms with Crippen molar-refractivity contribution in [2.75, 3.05) is 13.2 Å². The van der Waals surface area contributed by atoms with Gasteiger partial charge in [0.1, 0.15) is 13.2 Å². The molecule has 0 aliphatic rings. The molecule has 0 saturated carbocycles. The van der Waals surface area contributed by atoms with Crippen LogP contribution in [0.1, 0.15) is 271 Å². The fraction of sp³-hybridized carbons (Fsp3) is 0.662. The van der Waals surface area contributed by atoms with Gasteiger partial charge < -0.3 is 14.2 Å². The minimum Gasteiger partial charge on any atom is -0.462 e. The Kier molecular flexibility index (Phi) is 57.9. The van der Waals surface area contributed by atoms with E-state index in [-0.39, 0.29) is 37.5 Å². The molecule has 0 saturated heterocycles. The Morgan fingerprint density at radius 2 is 0.541 bits per heavy atom. The van der Waals surface area contributed by atoms with Gasteiger partial charge in [0.15, 0.2) is 6.10 Å². The van der Waals surface area contributed by atoms with Crippen LogP contribution in [0.15, 0.2) is 122 Å². The molecule has 0 aromatic rings. The van der Waals surface area contributed by atoms with Crippen LogP contribution in [0.2, 0.25) is 0 Å². The quantitative estimate of drug-likeness (QED) is 0.0261. The van der Waals surface area contributed by atoms with Crippen molar-refractivity contribution in [3.05, 3.63) is 122 Å². The lowest BCUT2D eigenvalue weighted by atomic mass is 10.1. The van der Waals surface area contributed by atoms with E-state index in [9.17, 15) is 14.4 Å². The first kappa shape index (κ1) is 69.8. The predicted molar refractivity (Wildman–Crippen MR) is 320 cm³/mol. The van der Waals surface area contributed by atoms with E-state index in [0.717, 1.165) is 109 Å². The Bertz CT molecular complexity index is 1550. The van der Waals surface area contributed by atoms with Crippen LogP contribution in [-0.4, -0.2) is 37.2 Å². The monoisotopic (exact) mass is 1020 g/mol. The van der Waals surface area contributed by atoms with E-state index in [0.29, 0.717) is 19.3 Å². The van der Waals surface area contributed by atoms with Crippen molar-refractivity contribution in [1.29, 1.82) is 0 Å². The minimum atomic E-state index is -0.811. The second kappa shape index (κ2) is 61.4. The van der Waals surface area contributed by atoms with Crippen molar-refractivity contribution in [3.63, 3.8) is 0 Å². The van der Waals surface area contributed by atoms with Gasteiger partial charge in [0.2, 0.25) is 0 Å². The number of ether oxygens (including phenoxy) is 3. The van der Waals surface area contributed by atoms with Crippen molar-refractivity contribution < 1.29 is 28.6 Å². The molecule has 6 heteroatoms. The van der Waals surface area contributed by atoms with Gasteiger partial charge in [-0.05, 0) is 128 Å². The molecule has 0 rings (SSSR count). The zero-order valence-electron chi connectivity index (χ0n) is 48.1. The lowest BCUT2D eigenvalue weighted by Gasteiger charge is -2.18. The largest absolute Gasteiger partial charge is 0.462 e. The summed E-state index contributed by atoms with van der Waals surface area (Å²) in [5.41, 5.74) is 0. The number of allylic oxidation sites excluding steroid dienone is 20. The molecule has 1 unspecified atom stereocenters. The first-order chi connectivity index (χ1) is 36.5. The highest BCUT2D eigenvalue weighted by molar-refractivity contribution is 5.71. The molecule has 6 nitrogen and oxygen atoms in total. The van der Waals surface area contributed by atoms with Crippen molar-refractivity contribution in [1.82, 2.24) is 0 Å². The lowest BCUT2D eigenvalue weighted by molar-refractivity contribution is -0.167. The lowest BCUT2D eigenvalue weighted by Crippen LogP contribution is -2.30. The number of carbonyl (C=O) groups is 3. The Morgan fingerprint density at radius 1 is 0.284 bits per heavy atom. The van der Waals surface area contributed by atoms with Crippen LogP contribution in [0, 0.1) is 0 Å². The molecule has 0 aliphatic heterocycles. The maximum Gasteiger partial charge on any atom is 0.306 e. The summed E-state index contributed by atoms with van der Waals surface area (Å²) in [6, 6.07) is 0. The molecule has 0 aliphatic carbocycles. The normalized spacial score (nSPS) is 13.0. The summed E-state index contributed by atoms with van der Waals surface area (Å²) < 4.78 is 16.8. The molecule has 0 N–H and O–H groups in total. The summed E-state index contributed by atoms with van der Waals surface area (Å²) in [7, 11) is 0. The molecule has 0 amide bonds. The van der Waals surface area contributed by atoms with Crippen LogP contribution in [0.5, 0.6) is 0 Å². The summed E-state index contributed by atoms with van der Waals surface area (Å²) in [6.07, 6.45) is 84.8. The van der Waals surface area contributed by atoms with Crippen LogP contribution >= 0.6 is 0 Å². The second-order valence-corrected chi connectivity index (χ2v) is 19.9.